The summed E-state index contributed by atoms with van der Waals surface area (Å²) in [5, 5.41) is 15.4. The highest BCUT2D eigenvalue weighted by molar-refractivity contribution is 7.19. The predicted octanol–water partition coefficient (Wildman–Crippen LogP) is 4.11. The van der Waals surface area contributed by atoms with Gasteiger partial charge in [-0.25, -0.2) is 0 Å². The Hall–Kier alpha value is -3.27. The van der Waals surface area contributed by atoms with Gasteiger partial charge in [-0.2, -0.15) is 0 Å². The standard InChI is InChI=1S/C29H32N4O4S/c1-29(2)25(34)23-22(28(33-12-14-37-15-13-33)38-24(23)26(35)31-29)19-8-9-30-21(17-19)18-6-5-7-20(16-18)27(36)32-10-3-4-11-32/h5-9,16-17,25,34H,3-4,10-15H2,1-2H3,(H,31,35)/t25-/m1/s1. The molecular weight excluding hydrogens is 500 g/mol. The summed E-state index contributed by atoms with van der Waals surface area (Å²) in [5.74, 6) is -0.109. The Morgan fingerprint density at radius 3 is 2.63 bits per heavy atom. The van der Waals surface area contributed by atoms with Gasteiger partial charge in [0.2, 0.25) is 0 Å². The number of aromatic nitrogens is 1. The number of carbonyl (C=O) groups is 2. The number of amides is 2. The molecule has 0 radical (unpaired) electrons. The number of likely N-dealkylation sites (tertiary alicyclic amines) is 1. The summed E-state index contributed by atoms with van der Waals surface area (Å²) in [6.45, 7) is 7.94. The van der Waals surface area contributed by atoms with E-state index in [0.717, 1.165) is 53.3 Å². The van der Waals surface area contributed by atoms with Crippen LogP contribution in [0.15, 0.2) is 42.6 Å². The zero-order chi connectivity index (χ0) is 26.4. The second-order valence-electron chi connectivity index (χ2n) is 10.7. The van der Waals surface area contributed by atoms with E-state index >= 15 is 0 Å². The second kappa shape index (κ2) is 9.80. The van der Waals surface area contributed by atoms with Crippen molar-refractivity contribution in [2.24, 2.45) is 0 Å². The highest BCUT2D eigenvalue weighted by Gasteiger charge is 2.43. The number of ether oxygens (including phenoxy) is 1. The largest absolute Gasteiger partial charge is 0.386 e. The van der Waals surface area contributed by atoms with Crippen LogP contribution in [0.25, 0.3) is 22.4 Å². The minimum atomic E-state index is -0.866. The molecule has 6 rings (SSSR count). The smallest absolute Gasteiger partial charge is 0.262 e. The van der Waals surface area contributed by atoms with E-state index in [1.54, 1.807) is 6.20 Å². The van der Waals surface area contributed by atoms with Gasteiger partial charge in [0.15, 0.2) is 0 Å². The fourth-order valence-corrected chi connectivity index (χ4v) is 6.87. The van der Waals surface area contributed by atoms with E-state index in [9.17, 15) is 14.7 Å². The molecule has 38 heavy (non-hydrogen) atoms. The first-order valence-electron chi connectivity index (χ1n) is 13.2. The highest BCUT2D eigenvalue weighted by Crippen LogP contribution is 2.50. The third-order valence-electron chi connectivity index (χ3n) is 7.67. The Morgan fingerprint density at radius 2 is 1.87 bits per heavy atom. The number of anilines is 1. The first-order valence-corrected chi connectivity index (χ1v) is 14.0. The van der Waals surface area contributed by atoms with E-state index in [2.05, 4.69) is 15.2 Å². The molecule has 0 saturated carbocycles. The molecule has 2 aromatic heterocycles. The Kier molecular flexibility index (Phi) is 6.45. The van der Waals surface area contributed by atoms with Crippen LogP contribution in [0, 0.1) is 0 Å². The number of benzene rings is 1. The average Bonchev–Trinajstić information content (AvgIpc) is 3.61. The minimum absolute atomic E-state index is 0.0541. The lowest BCUT2D eigenvalue weighted by Crippen LogP contribution is -2.51. The Bertz CT molecular complexity index is 1390. The Morgan fingerprint density at radius 1 is 1.11 bits per heavy atom. The summed E-state index contributed by atoms with van der Waals surface area (Å²) in [6, 6.07) is 11.6. The SMILES string of the molecule is CC1(C)NC(=O)c2sc(N3CCOCC3)c(-c3ccnc(-c4cccc(C(=O)N5CCCC5)c4)c3)c2[C@H]1O. The van der Waals surface area contributed by atoms with Gasteiger partial charge in [0.1, 0.15) is 16.0 Å². The molecule has 0 unspecified atom stereocenters. The lowest BCUT2D eigenvalue weighted by molar-refractivity contribution is 0.0558. The predicted molar refractivity (Wildman–Crippen MR) is 148 cm³/mol. The van der Waals surface area contributed by atoms with Crippen LogP contribution in [0.2, 0.25) is 0 Å². The highest BCUT2D eigenvalue weighted by atomic mass is 32.1. The maximum Gasteiger partial charge on any atom is 0.262 e. The van der Waals surface area contributed by atoms with Crippen LogP contribution in [0.5, 0.6) is 0 Å². The molecule has 0 spiro atoms. The first-order chi connectivity index (χ1) is 18.3. The van der Waals surface area contributed by atoms with Crippen LogP contribution < -0.4 is 10.2 Å². The number of nitrogens with zero attached hydrogens (tertiary/aromatic N) is 3. The fourth-order valence-electron chi connectivity index (χ4n) is 5.57. The summed E-state index contributed by atoms with van der Waals surface area (Å²) in [7, 11) is 0. The normalized spacial score (nSPS) is 20.8. The molecule has 198 valence electrons. The van der Waals surface area contributed by atoms with E-state index in [4.69, 9.17) is 4.74 Å². The van der Waals surface area contributed by atoms with Crippen molar-refractivity contribution in [1.29, 1.82) is 0 Å². The Balaban J connectivity index is 1.45. The van der Waals surface area contributed by atoms with Gasteiger partial charge in [-0.3, -0.25) is 14.6 Å². The van der Waals surface area contributed by atoms with Crippen molar-refractivity contribution in [3.05, 3.63) is 58.6 Å². The van der Waals surface area contributed by atoms with Crippen LogP contribution in [-0.4, -0.2) is 71.7 Å². The summed E-state index contributed by atoms with van der Waals surface area (Å²) < 4.78 is 5.58. The van der Waals surface area contributed by atoms with E-state index < -0.39 is 11.6 Å². The molecule has 1 atom stereocenters. The molecule has 3 aliphatic rings. The molecule has 1 aromatic carbocycles. The number of pyridine rings is 1. The maximum absolute atomic E-state index is 13.1. The van der Waals surface area contributed by atoms with Gasteiger partial charge in [-0.05, 0) is 56.5 Å². The molecule has 0 bridgehead atoms. The van der Waals surface area contributed by atoms with Crippen molar-refractivity contribution in [2.45, 2.75) is 38.3 Å². The van der Waals surface area contributed by atoms with Crippen LogP contribution in [0.3, 0.4) is 0 Å². The van der Waals surface area contributed by atoms with Gasteiger partial charge in [-0.15, -0.1) is 11.3 Å². The zero-order valence-corrected chi connectivity index (χ0v) is 22.5. The second-order valence-corrected chi connectivity index (χ2v) is 11.7. The van der Waals surface area contributed by atoms with Crippen molar-refractivity contribution in [2.75, 3.05) is 44.3 Å². The van der Waals surface area contributed by atoms with Gasteiger partial charge in [0.05, 0.1) is 24.4 Å². The zero-order valence-electron chi connectivity index (χ0n) is 21.7. The minimum Gasteiger partial charge on any atom is -0.386 e. The number of hydrogen-bond acceptors (Lipinski definition) is 7. The number of rotatable bonds is 4. The first kappa shape index (κ1) is 25.0. The molecule has 8 nitrogen and oxygen atoms in total. The van der Waals surface area contributed by atoms with Crippen molar-refractivity contribution >= 4 is 28.2 Å². The third-order valence-corrected chi connectivity index (χ3v) is 8.94. The summed E-state index contributed by atoms with van der Waals surface area (Å²) >= 11 is 1.43. The molecule has 5 heterocycles. The van der Waals surface area contributed by atoms with E-state index in [-0.39, 0.29) is 11.8 Å². The topological polar surface area (TPSA) is 95.0 Å². The van der Waals surface area contributed by atoms with E-state index in [1.165, 1.54) is 11.3 Å². The summed E-state index contributed by atoms with van der Waals surface area (Å²) in [4.78, 5) is 35.5. The molecule has 2 N–H and O–H groups in total. The average molecular weight is 533 g/mol. The van der Waals surface area contributed by atoms with Crippen molar-refractivity contribution in [3.8, 4) is 22.4 Å². The molecule has 3 aliphatic heterocycles. The van der Waals surface area contributed by atoms with Crippen LogP contribution >= 0.6 is 11.3 Å². The van der Waals surface area contributed by atoms with E-state index in [0.29, 0.717) is 42.3 Å². The third kappa shape index (κ3) is 4.38. The van der Waals surface area contributed by atoms with Gasteiger partial charge >= 0.3 is 0 Å². The van der Waals surface area contributed by atoms with E-state index in [1.807, 2.05) is 55.1 Å². The number of morpholine rings is 1. The molecule has 0 aliphatic carbocycles. The summed E-state index contributed by atoms with van der Waals surface area (Å²) in [6.07, 6.45) is 2.99. The van der Waals surface area contributed by atoms with Gasteiger partial charge in [-0.1, -0.05) is 12.1 Å². The number of aliphatic hydroxyl groups is 1. The molecule has 2 saturated heterocycles. The number of hydrogen-bond donors (Lipinski definition) is 2. The molecule has 2 amide bonds. The summed E-state index contributed by atoms with van der Waals surface area (Å²) in [5.41, 5.74) is 3.87. The maximum atomic E-state index is 13.1. The van der Waals surface area contributed by atoms with Crippen LogP contribution in [-0.2, 0) is 4.74 Å². The van der Waals surface area contributed by atoms with Crippen molar-refractivity contribution in [3.63, 3.8) is 0 Å². The van der Waals surface area contributed by atoms with Crippen molar-refractivity contribution in [1.82, 2.24) is 15.2 Å². The molecule has 9 heteroatoms. The molecule has 2 fully saturated rings. The number of nitrogens with one attached hydrogen (secondary N) is 1. The number of thiophene rings is 1. The quantitative estimate of drug-likeness (QED) is 0.525. The van der Waals surface area contributed by atoms with Crippen molar-refractivity contribution < 1.29 is 19.4 Å². The molecule has 3 aromatic rings. The van der Waals surface area contributed by atoms with Crippen LogP contribution in [0.1, 0.15) is 58.4 Å². The monoisotopic (exact) mass is 532 g/mol. The fraction of sp³-hybridized carbons (Fsp3) is 0.414. The number of fused-ring (bicyclic) bond motifs is 1. The van der Waals surface area contributed by atoms with Crippen LogP contribution in [0.4, 0.5) is 5.00 Å². The molecular formula is C29H32N4O4S. The Labute approximate surface area is 226 Å². The lowest BCUT2D eigenvalue weighted by atomic mass is 9.84. The lowest BCUT2D eigenvalue weighted by Gasteiger charge is -2.36. The van der Waals surface area contributed by atoms with Gasteiger partial charge in [0.25, 0.3) is 11.8 Å². The number of carbonyl (C=O) groups excluding carboxylic acids is 2. The van der Waals surface area contributed by atoms with Gasteiger partial charge < -0.3 is 25.0 Å². The van der Waals surface area contributed by atoms with Gasteiger partial charge in [0, 0.05) is 54.6 Å². The number of aliphatic hydroxyl groups excluding tert-OH is 1.